The van der Waals surface area contributed by atoms with Crippen molar-refractivity contribution >= 4 is 0 Å². The van der Waals surface area contributed by atoms with Gasteiger partial charge in [0.1, 0.15) is 6.61 Å². The van der Waals surface area contributed by atoms with E-state index >= 15 is 0 Å². The molecule has 3 heteroatoms. The zero-order valence-electron chi connectivity index (χ0n) is 7.33. The van der Waals surface area contributed by atoms with Crippen LogP contribution >= 0.6 is 0 Å². The lowest BCUT2D eigenvalue weighted by molar-refractivity contribution is 0.350. The maximum Gasteiger partial charge on any atom is 0.104 e. The van der Waals surface area contributed by atoms with Gasteiger partial charge in [0, 0.05) is 6.54 Å². The van der Waals surface area contributed by atoms with Crippen LogP contribution in [0.3, 0.4) is 0 Å². The molecule has 0 spiro atoms. The highest BCUT2D eigenvalue weighted by atomic mass is 16.2. The highest BCUT2D eigenvalue weighted by Crippen LogP contribution is 2.04. The van der Waals surface area contributed by atoms with E-state index in [-0.39, 0.29) is 6.61 Å². The molecule has 0 bridgehead atoms. The molecule has 1 heterocycles. The topological polar surface area (TPSA) is 38.0 Å². The van der Waals surface area contributed by atoms with Crippen molar-refractivity contribution in [2.24, 2.45) is 0 Å². The highest BCUT2D eigenvalue weighted by molar-refractivity contribution is 5.35. The zero-order chi connectivity index (χ0) is 8.97. The first kappa shape index (κ1) is 8.82. The first-order valence-corrected chi connectivity index (χ1v) is 3.91. The molecule has 3 nitrogen and oxygen atoms in total. The van der Waals surface area contributed by atoms with Crippen LogP contribution in [0.15, 0.2) is 6.20 Å². The van der Waals surface area contributed by atoms with Crippen LogP contribution in [-0.4, -0.2) is 21.5 Å². The van der Waals surface area contributed by atoms with E-state index in [2.05, 4.69) is 16.9 Å². The van der Waals surface area contributed by atoms with Crippen LogP contribution in [0.4, 0.5) is 0 Å². The summed E-state index contributed by atoms with van der Waals surface area (Å²) < 4.78 is 1.88. The quantitative estimate of drug-likeness (QED) is 0.616. The summed E-state index contributed by atoms with van der Waals surface area (Å²) >= 11 is 0. The van der Waals surface area contributed by atoms with Gasteiger partial charge in [0.15, 0.2) is 0 Å². The SMILES string of the molecule is CCn1ncc(C#CCO)c1C. The smallest absolute Gasteiger partial charge is 0.104 e. The maximum absolute atomic E-state index is 8.48. The standard InChI is InChI=1S/C9H12N2O/c1-3-11-8(2)9(7-10-11)5-4-6-12/h7,12H,3,6H2,1-2H3. The number of rotatable bonds is 1. The van der Waals surface area contributed by atoms with Gasteiger partial charge >= 0.3 is 0 Å². The normalized spacial score (nSPS) is 9.25. The van der Waals surface area contributed by atoms with E-state index < -0.39 is 0 Å². The average Bonchev–Trinajstić information content (AvgIpc) is 2.43. The fourth-order valence-corrected chi connectivity index (χ4v) is 1.02. The van der Waals surface area contributed by atoms with Gasteiger partial charge in [-0.1, -0.05) is 11.8 Å². The highest BCUT2D eigenvalue weighted by Gasteiger charge is 2.00. The molecule has 0 atom stereocenters. The van der Waals surface area contributed by atoms with E-state index in [9.17, 15) is 0 Å². The van der Waals surface area contributed by atoms with Gasteiger partial charge in [0.2, 0.25) is 0 Å². The molecular formula is C9H12N2O. The number of aromatic nitrogens is 2. The number of nitrogens with zero attached hydrogens (tertiary/aromatic N) is 2. The van der Waals surface area contributed by atoms with Crippen LogP contribution in [0, 0.1) is 18.8 Å². The Kier molecular flexibility index (Phi) is 2.89. The summed E-state index contributed by atoms with van der Waals surface area (Å²) in [6, 6.07) is 0. The Hall–Kier alpha value is -1.27. The van der Waals surface area contributed by atoms with Crippen molar-refractivity contribution in [3.05, 3.63) is 17.5 Å². The van der Waals surface area contributed by atoms with E-state index in [1.807, 2.05) is 18.5 Å². The molecule has 0 saturated carbocycles. The zero-order valence-corrected chi connectivity index (χ0v) is 7.33. The number of aliphatic hydroxyl groups excluding tert-OH is 1. The van der Waals surface area contributed by atoms with Gasteiger partial charge in [0.05, 0.1) is 17.5 Å². The molecule has 1 aromatic heterocycles. The fourth-order valence-electron chi connectivity index (χ4n) is 1.02. The van der Waals surface area contributed by atoms with Crippen molar-refractivity contribution in [3.63, 3.8) is 0 Å². The Morgan fingerprint density at radius 3 is 2.92 bits per heavy atom. The van der Waals surface area contributed by atoms with Gasteiger partial charge in [-0.15, -0.1) is 0 Å². The Labute approximate surface area is 72.0 Å². The van der Waals surface area contributed by atoms with Gasteiger partial charge in [-0.3, -0.25) is 4.68 Å². The molecule has 0 saturated heterocycles. The lowest BCUT2D eigenvalue weighted by atomic mass is 10.3. The molecule has 0 unspecified atom stereocenters. The molecule has 0 amide bonds. The number of hydrogen-bond acceptors (Lipinski definition) is 2. The summed E-state index contributed by atoms with van der Waals surface area (Å²) in [7, 11) is 0. The molecule has 1 N–H and O–H groups in total. The minimum Gasteiger partial charge on any atom is -0.384 e. The molecule has 1 rings (SSSR count). The molecule has 1 aromatic rings. The molecular weight excluding hydrogens is 152 g/mol. The molecule has 0 fully saturated rings. The van der Waals surface area contributed by atoms with E-state index in [1.54, 1.807) is 6.20 Å². The Bertz CT molecular complexity index is 317. The second-order valence-corrected chi connectivity index (χ2v) is 2.42. The number of aryl methyl sites for hydroxylation is 1. The monoisotopic (exact) mass is 164 g/mol. The molecule has 0 aliphatic carbocycles. The third kappa shape index (κ3) is 1.66. The molecule has 0 radical (unpaired) electrons. The molecule has 12 heavy (non-hydrogen) atoms. The predicted octanol–water partition coefficient (Wildman–Crippen LogP) is 0.555. The van der Waals surface area contributed by atoms with Crippen molar-refractivity contribution in [2.75, 3.05) is 6.61 Å². The van der Waals surface area contributed by atoms with Gasteiger partial charge in [-0.25, -0.2) is 0 Å². The Balaban J connectivity index is 2.94. The first-order chi connectivity index (χ1) is 5.79. The lowest BCUT2D eigenvalue weighted by Crippen LogP contribution is -1.98. The average molecular weight is 164 g/mol. The van der Waals surface area contributed by atoms with Crippen molar-refractivity contribution in [3.8, 4) is 11.8 Å². The van der Waals surface area contributed by atoms with E-state index in [4.69, 9.17) is 5.11 Å². The molecule has 0 aliphatic rings. The van der Waals surface area contributed by atoms with Crippen molar-refractivity contribution in [1.29, 1.82) is 0 Å². The second-order valence-electron chi connectivity index (χ2n) is 2.42. The second kappa shape index (κ2) is 3.93. The third-order valence-electron chi connectivity index (χ3n) is 1.70. The van der Waals surface area contributed by atoms with Gasteiger partial charge in [-0.05, 0) is 13.8 Å². The minimum atomic E-state index is -0.100. The lowest BCUT2D eigenvalue weighted by Gasteiger charge is -1.96. The van der Waals surface area contributed by atoms with Crippen LogP contribution in [0.2, 0.25) is 0 Å². The fraction of sp³-hybridized carbons (Fsp3) is 0.444. The summed E-state index contributed by atoms with van der Waals surface area (Å²) in [5.41, 5.74) is 1.95. The summed E-state index contributed by atoms with van der Waals surface area (Å²) in [4.78, 5) is 0. The summed E-state index contributed by atoms with van der Waals surface area (Å²) in [6.45, 7) is 4.75. The van der Waals surface area contributed by atoms with Gasteiger partial charge < -0.3 is 5.11 Å². The largest absolute Gasteiger partial charge is 0.384 e. The van der Waals surface area contributed by atoms with Gasteiger partial charge in [0.25, 0.3) is 0 Å². The maximum atomic E-state index is 8.48. The van der Waals surface area contributed by atoms with Crippen molar-refractivity contribution in [2.45, 2.75) is 20.4 Å². The molecule has 0 aliphatic heterocycles. The van der Waals surface area contributed by atoms with Crippen LogP contribution in [-0.2, 0) is 6.54 Å². The third-order valence-corrected chi connectivity index (χ3v) is 1.70. The number of hydrogen-bond donors (Lipinski definition) is 1. The van der Waals surface area contributed by atoms with Gasteiger partial charge in [-0.2, -0.15) is 5.10 Å². The van der Waals surface area contributed by atoms with E-state index in [0.717, 1.165) is 17.8 Å². The van der Waals surface area contributed by atoms with Crippen LogP contribution in [0.25, 0.3) is 0 Å². The van der Waals surface area contributed by atoms with Crippen LogP contribution < -0.4 is 0 Å². The predicted molar refractivity (Wildman–Crippen MR) is 46.6 cm³/mol. The molecule has 0 aromatic carbocycles. The first-order valence-electron chi connectivity index (χ1n) is 3.91. The van der Waals surface area contributed by atoms with E-state index in [0.29, 0.717) is 0 Å². The van der Waals surface area contributed by atoms with Crippen LogP contribution in [0.1, 0.15) is 18.2 Å². The van der Waals surface area contributed by atoms with E-state index in [1.165, 1.54) is 0 Å². The minimum absolute atomic E-state index is 0.100. The van der Waals surface area contributed by atoms with Crippen molar-refractivity contribution < 1.29 is 5.11 Å². The summed E-state index contributed by atoms with van der Waals surface area (Å²) in [6.07, 6.45) is 1.72. The Morgan fingerprint density at radius 2 is 2.42 bits per heavy atom. The van der Waals surface area contributed by atoms with Crippen molar-refractivity contribution in [1.82, 2.24) is 9.78 Å². The number of aliphatic hydroxyl groups is 1. The Morgan fingerprint density at radius 1 is 1.67 bits per heavy atom. The summed E-state index contributed by atoms with van der Waals surface area (Å²) in [5, 5.41) is 12.6. The van der Waals surface area contributed by atoms with Crippen LogP contribution in [0.5, 0.6) is 0 Å². The molecule has 64 valence electrons. The summed E-state index contributed by atoms with van der Waals surface area (Å²) in [5.74, 6) is 5.43.